The number of furan rings is 1. The Labute approximate surface area is 164 Å². The van der Waals surface area contributed by atoms with Crippen molar-refractivity contribution in [3.05, 3.63) is 75.0 Å². The summed E-state index contributed by atoms with van der Waals surface area (Å²) in [6.07, 6.45) is 1.95. The van der Waals surface area contributed by atoms with E-state index in [0.29, 0.717) is 17.7 Å². The van der Waals surface area contributed by atoms with Crippen molar-refractivity contribution in [2.45, 2.75) is 18.1 Å². The SMILES string of the molecule is O=[N+]([O-])c1cc(Cl)cc(CSNC(Cc2coc3ccccc23)B(O)O)c1. The molecule has 0 aliphatic rings. The maximum Gasteiger partial charge on any atom is 0.470 e. The molecule has 0 spiro atoms. The van der Waals surface area contributed by atoms with E-state index in [-0.39, 0.29) is 10.7 Å². The number of nitrogens with one attached hydrogen (secondary N) is 1. The molecule has 1 atom stereocenters. The lowest BCUT2D eigenvalue weighted by Crippen LogP contribution is -2.42. The second-order valence-electron chi connectivity index (χ2n) is 5.96. The molecule has 0 bridgehead atoms. The quantitative estimate of drug-likeness (QED) is 0.228. The number of nitro benzene ring substituents is 1. The van der Waals surface area contributed by atoms with E-state index in [9.17, 15) is 20.2 Å². The predicted octanol–water partition coefficient (Wildman–Crippen LogP) is 3.36. The number of nitro groups is 1. The molecule has 3 aromatic rings. The van der Waals surface area contributed by atoms with Crippen LogP contribution in [-0.4, -0.2) is 28.0 Å². The summed E-state index contributed by atoms with van der Waals surface area (Å²) in [5, 5.41) is 31.5. The van der Waals surface area contributed by atoms with Crippen molar-refractivity contribution in [2.24, 2.45) is 0 Å². The Balaban J connectivity index is 1.65. The minimum atomic E-state index is -1.58. The van der Waals surface area contributed by atoms with Crippen LogP contribution in [0.1, 0.15) is 11.1 Å². The predicted molar refractivity (Wildman–Crippen MR) is 106 cm³/mol. The van der Waals surface area contributed by atoms with Crippen LogP contribution in [0.25, 0.3) is 11.0 Å². The van der Waals surface area contributed by atoms with E-state index < -0.39 is 18.0 Å². The lowest BCUT2D eigenvalue weighted by atomic mass is 9.77. The molecule has 1 heterocycles. The Morgan fingerprint density at radius 1 is 1.30 bits per heavy atom. The first-order valence-electron chi connectivity index (χ1n) is 8.06. The largest absolute Gasteiger partial charge is 0.470 e. The number of halogens is 1. The van der Waals surface area contributed by atoms with Gasteiger partial charge in [0.2, 0.25) is 0 Å². The summed E-state index contributed by atoms with van der Waals surface area (Å²) in [7, 11) is -1.58. The van der Waals surface area contributed by atoms with Crippen LogP contribution in [0.5, 0.6) is 0 Å². The second kappa shape index (κ2) is 8.77. The van der Waals surface area contributed by atoms with E-state index in [1.165, 1.54) is 24.1 Å². The number of non-ortho nitro benzene ring substituents is 1. The maximum absolute atomic E-state index is 10.9. The number of benzene rings is 2. The number of hydrogen-bond donors (Lipinski definition) is 3. The minimum absolute atomic E-state index is 0.0818. The summed E-state index contributed by atoms with van der Waals surface area (Å²) in [5.74, 6) is -0.276. The van der Waals surface area contributed by atoms with Gasteiger partial charge in [-0.1, -0.05) is 41.7 Å². The number of para-hydroxylation sites is 1. The van der Waals surface area contributed by atoms with Crippen molar-refractivity contribution in [2.75, 3.05) is 0 Å². The third kappa shape index (κ3) is 5.03. The minimum Gasteiger partial charge on any atom is -0.464 e. The molecular weight excluding hydrogens is 391 g/mol. The van der Waals surface area contributed by atoms with Gasteiger partial charge in [0, 0.05) is 28.3 Å². The van der Waals surface area contributed by atoms with E-state index >= 15 is 0 Å². The van der Waals surface area contributed by atoms with Crippen LogP contribution in [0.3, 0.4) is 0 Å². The molecule has 0 amide bonds. The van der Waals surface area contributed by atoms with Crippen LogP contribution in [0.4, 0.5) is 5.69 Å². The van der Waals surface area contributed by atoms with Gasteiger partial charge in [0.05, 0.1) is 17.1 Å². The number of nitrogens with zero attached hydrogens (tertiary/aromatic N) is 1. The lowest BCUT2D eigenvalue weighted by molar-refractivity contribution is -0.384. The molecule has 7 nitrogen and oxygen atoms in total. The normalized spacial score (nSPS) is 12.3. The van der Waals surface area contributed by atoms with Crippen molar-refractivity contribution < 1.29 is 19.4 Å². The van der Waals surface area contributed by atoms with Gasteiger partial charge in [-0.25, -0.2) is 0 Å². The highest BCUT2D eigenvalue weighted by Crippen LogP contribution is 2.25. The van der Waals surface area contributed by atoms with Gasteiger partial charge in [-0.2, -0.15) is 0 Å². The van der Waals surface area contributed by atoms with E-state index in [4.69, 9.17) is 16.0 Å². The van der Waals surface area contributed by atoms with Gasteiger partial charge in [0.1, 0.15) is 5.58 Å². The summed E-state index contributed by atoms with van der Waals surface area (Å²) in [6.45, 7) is 0. The van der Waals surface area contributed by atoms with Gasteiger partial charge < -0.3 is 14.5 Å². The molecule has 10 heteroatoms. The lowest BCUT2D eigenvalue weighted by Gasteiger charge is -2.16. The van der Waals surface area contributed by atoms with E-state index in [0.717, 1.165) is 16.5 Å². The van der Waals surface area contributed by atoms with Crippen molar-refractivity contribution in [1.29, 1.82) is 0 Å². The van der Waals surface area contributed by atoms with E-state index in [1.807, 2.05) is 24.3 Å². The van der Waals surface area contributed by atoms with Crippen molar-refractivity contribution in [3.8, 4) is 0 Å². The topological polar surface area (TPSA) is 109 Å². The second-order valence-corrected chi connectivity index (χ2v) is 7.21. The fourth-order valence-corrected chi connectivity index (χ4v) is 3.78. The van der Waals surface area contributed by atoms with Crippen LogP contribution in [-0.2, 0) is 12.2 Å². The van der Waals surface area contributed by atoms with Gasteiger partial charge >= 0.3 is 7.12 Å². The molecule has 3 N–H and O–H groups in total. The fraction of sp³-hybridized carbons (Fsp3) is 0.176. The monoisotopic (exact) mass is 406 g/mol. The molecule has 0 aliphatic carbocycles. The third-order valence-electron chi connectivity index (χ3n) is 3.99. The van der Waals surface area contributed by atoms with Gasteiger partial charge in [0.25, 0.3) is 5.69 Å². The highest BCUT2D eigenvalue weighted by molar-refractivity contribution is 7.96. The summed E-state index contributed by atoms with van der Waals surface area (Å²) >= 11 is 7.13. The zero-order valence-electron chi connectivity index (χ0n) is 14.0. The van der Waals surface area contributed by atoms with Crippen molar-refractivity contribution in [3.63, 3.8) is 0 Å². The summed E-state index contributed by atoms with van der Waals surface area (Å²) < 4.78 is 8.48. The summed E-state index contributed by atoms with van der Waals surface area (Å²) in [5.41, 5.74) is 2.17. The average Bonchev–Trinajstić information content (AvgIpc) is 3.03. The van der Waals surface area contributed by atoms with E-state index in [1.54, 1.807) is 12.3 Å². The first-order valence-corrected chi connectivity index (χ1v) is 9.43. The van der Waals surface area contributed by atoms with Crippen molar-refractivity contribution in [1.82, 2.24) is 4.72 Å². The molecule has 140 valence electrons. The molecule has 2 aromatic carbocycles. The summed E-state index contributed by atoms with van der Waals surface area (Å²) in [4.78, 5) is 10.4. The highest BCUT2D eigenvalue weighted by atomic mass is 35.5. The Morgan fingerprint density at radius 3 is 2.81 bits per heavy atom. The number of fused-ring (bicyclic) bond motifs is 1. The van der Waals surface area contributed by atoms with Gasteiger partial charge in [0.15, 0.2) is 0 Å². The third-order valence-corrected chi connectivity index (χ3v) is 5.15. The first-order chi connectivity index (χ1) is 12.9. The standard InChI is InChI=1S/C17H16BClN2O5S/c19-13-5-11(6-14(8-13)21(24)25)10-27-20-17(18(22)23)7-12-9-26-16-4-2-1-3-15(12)16/h1-6,8-9,17,20,22-23H,7,10H2. The Hall–Kier alpha value is -2.04. The average molecular weight is 407 g/mol. The molecule has 0 fully saturated rings. The molecular formula is C17H16BClN2O5S. The Morgan fingerprint density at radius 2 is 2.07 bits per heavy atom. The maximum atomic E-state index is 10.9. The van der Waals surface area contributed by atoms with Gasteiger partial charge in [-0.05, 0) is 29.7 Å². The summed E-state index contributed by atoms with van der Waals surface area (Å²) in [6, 6.07) is 11.9. The molecule has 1 aromatic heterocycles. The molecule has 27 heavy (non-hydrogen) atoms. The van der Waals surface area contributed by atoms with Crippen LogP contribution in [0, 0.1) is 10.1 Å². The zero-order valence-corrected chi connectivity index (χ0v) is 15.6. The molecule has 1 unspecified atom stereocenters. The van der Waals surface area contributed by atoms with Crippen molar-refractivity contribution >= 4 is 47.3 Å². The number of rotatable bonds is 8. The van der Waals surface area contributed by atoms with Crippen LogP contribution in [0.2, 0.25) is 5.02 Å². The molecule has 0 aliphatic heterocycles. The first kappa shape index (κ1) is 19.7. The fourth-order valence-electron chi connectivity index (χ4n) is 2.69. The molecule has 3 rings (SSSR count). The van der Waals surface area contributed by atoms with Gasteiger partial charge in [-0.3, -0.25) is 14.8 Å². The Bertz CT molecular complexity index is 952. The highest BCUT2D eigenvalue weighted by Gasteiger charge is 2.25. The smallest absolute Gasteiger partial charge is 0.464 e. The van der Waals surface area contributed by atoms with Gasteiger partial charge in [-0.15, -0.1) is 0 Å². The van der Waals surface area contributed by atoms with E-state index in [2.05, 4.69) is 4.72 Å². The molecule has 0 radical (unpaired) electrons. The molecule has 0 saturated heterocycles. The van der Waals surface area contributed by atoms with Crippen LogP contribution in [0.15, 0.2) is 53.1 Å². The van der Waals surface area contributed by atoms with Crippen LogP contribution < -0.4 is 4.72 Å². The number of hydrogen-bond acceptors (Lipinski definition) is 7. The molecule has 0 saturated carbocycles. The Kier molecular flexibility index (Phi) is 6.40. The van der Waals surface area contributed by atoms with Crippen LogP contribution >= 0.6 is 23.5 Å². The zero-order chi connectivity index (χ0) is 19.4.